The molecule has 2 aromatic carbocycles. The Balaban J connectivity index is 2.22. The first-order valence-electron chi connectivity index (χ1n) is 7.96. The van der Waals surface area contributed by atoms with Crippen molar-refractivity contribution in [1.29, 1.82) is 0 Å². The summed E-state index contributed by atoms with van der Waals surface area (Å²) < 4.78 is 5.08. The number of ketones is 1. The molecular formula is C20H23NO3. The van der Waals surface area contributed by atoms with Gasteiger partial charge in [-0.25, -0.2) is 4.79 Å². The average Bonchev–Trinajstić information content (AvgIpc) is 2.53. The summed E-state index contributed by atoms with van der Waals surface area (Å²) in [6.45, 7) is 6.32. The van der Waals surface area contributed by atoms with Crippen LogP contribution in [0.4, 0.5) is 4.79 Å². The van der Waals surface area contributed by atoms with Crippen molar-refractivity contribution in [2.24, 2.45) is 5.73 Å². The molecule has 0 saturated heterocycles. The van der Waals surface area contributed by atoms with Crippen molar-refractivity contribution >= 4 is 11.9 Å². The van der Waals surface area contributed by atoms with Gasteiger partial charge in [-0.15, -0.1) is 0 Å². The fourth-order valence-electron chi connectivity index (χ4n) is 2.47. The SMILES string of the molecule is CC(C)(C)c1ccc(OC(N)=O)c(CCC(=O)c2ccccc2)c1. The molecule has 4 nitrogen and oxygen atoms in total. The normalized spacial score (nSPS) is 11.1. The largest absolute Gasteiger partial charge is 0.410 e. The number of amides is 1. The number of carbonyl (C=O) groups is 2. The molecule has 0 spiro atoms. The summed E-state index contributed by atoms with van der Waals surface area (Å²) in [7, 11) is 0. The fourth-order valence-corrected chi connectivity index (χ4v) is 2.47. The van der Waals surface area contributed by atoms with E-state index in [9.17, 15) is 9.59 Å². The molecule has 0 heterocycles. The molecule has 0 aromatic heterocycles. The maximum absolute atomic E-state index is 12.3. The van der Waals surface area contributed by atoms with E-state index in [0.29, 0.717) is 24.2 Å². The summed E-state index contributed by atoms with van der Waals surface area (Å²) >= 11 is 0. The van der Waals surface area contributed by atoms with Crippen LogP contribution in [-0.4, -0.2) is 11.9 Å². The van der Waals surface area contributed by atoms with Gasteiger partial charge in [0.15, 0.2) is 5.78 Å². The van der Waals surface area contributed by atoms with Crippen LogP contribution in [0.15, 0.2) is 48.5 Å². The highest BCUT2D eigenvalue weighted by molar-refractivity contribution is 5.96. The molecule has 4 heteroatoms. The Hall–Kier alpha value is -2.62. The summed E-state index contributed by atoms with van der Waals surface area (Å²) in [4.78, 5) is 23.4. The van der Waals surface area contributed by atoms with Gasteiger partial charge in [-0.3, -0.25) is 4.79 Å². The Morgan fingerprint density at radius 3 is 2.29 bits per heavy atom. The molecule has 0 aliphatic carbocycles. The second-order valence-corrected chi connectivity index (χ2v) is 6.78. The van der Waals surface area contributed by atoms with Crippen LogP contribution >= 0.6 is 0 Å². The number of hydrogen-bond acceptors (Lipinski definition) is 3. The van der Waals surface area contributed by atoms with Gasteiger partial charge in [0.1, 0.15) is 5.75 Å². The molecule has 0 unspecified atom stereocenters. The van der Waals surface area contributed by atoms with Crippen LogP contribution in [-0.2, 0) is 11.8 Å². The van der Waals surface area contributed by atoms with Crippen molar-refractivity contribution in [1.82, 2.24) is 0 Å². The highest BCUT2D eigenvalue weighted by atomic mass is 16.5. The van der Waals surface area contributed by atoms with Crippen LogP contribution in [0.5, 0.6) is 5.75 Å². The van der Waals surface area contributed by atoms with Gasteiger partial charge in [0.2, 0.25) is 0 Å². The van der Waals surface area contributed by atoms with Gasteiger partial charge < -0.3 is 10.5 Å². The number of ether oxygens (including phenoxy) is 1. The average molecular weight is 325 g/mol. The molecule has 0 fully saturated rings. The van der Waals surface area contributed by atoms with Crippen molar-refractivity contribution in [3.63, 3.8) is 0 Å². The summed E-state index contributed by atoms with van der Waals surface area (Å²) in [5, 5.41) is 0. The Labute approximate surface area is 142 Å². The first kappa shape index (κ1) is 17.7. The third-order valence-electron chi connectivity index (χ3n) is 3.85. The van der Waals surface area contributed by atoms with Crippen molar-refractivity contribution in [2.45, 2.75) is 39.0 Å². The highest BCUT2D eigenvalue weighted by Crippen LogP contribution is 2.29. The Kier molecular flexibility index (Phi) is 5.39. The number of Topliss-reactive ketones (excluding diaryl/α,β-unsaturated/α-hetero) is 1. The first-order chi connectivity index (χ1) is 11.3. The summed E-state index contributed by atoms with van der Waals surface area (Å²) in [6, 6.07) is 14.8. The maximum Gasteiger partial charge on any atom is 0.409 e. The zero-order valence-corrected chi connectivity index (χ0v) is 14.3. The molecule has 0 atom stereocenters. The van der Waals surface area contributed by atoms with Crippen LogP contribution in [0.3, 0.4) is 0 Å². The zero-order chi connectivity index (χ0) is 17.7. The number of nitrogens with two attached hydrogens (primary N) is 1. The molecule has 0 bridgehead atoms. The predicted octanol–water partition coefficient (Wildman–Crippen LogP) is 4.26. The molecule has 24 heavy (non-hydrogen) atoms. The Morgan fingerprint density at radius 2 is 1.71 bits per heavy atom. The molecule has 1 amide bonds. The van der Waals surface area contributed by atoms with Crippen LogP contribution in [0.1, 0.15) is 48.7 Å². The Morgan fingerprint density at radius 1 is 1.04 bits per heavy atom. The number of primary amides is 1. The minimum atomic E-state index is -0.853. The van der Waals surface area contributed by atoms with Gasteiger partial charge >= 0.3 is 6.09 Å². The lowest BCUT2D eigenvalue weighted by Gasteiger charge is -2.21. The number of rotatable bonds is 5. The van der Waals surface area contributed by atoms with Gasteiger partial charge in [-0.2, -0.15) is 0 Å². The number of carbonyl (C=O) groups excluding carboxylic acids is 2. The van der Waals surface area contributed by atoms with E-state index in [2.05, 4.69) is 20.8 Å². The van der Waals surface area contributed by atoms with E-state index in [1.54, 1.807) is 18.2 Å². The molecule has 126 valence electrons. The van der Waals surface area contributed by atoms with Crippen LogP contribution < -0.4 is 10.5 Å². The summed E-state index contributed by atoms with van der Waals surface area (Å²) in [6.07, 6.45) is -0.0263. The maximum atomic E-state index is 12.3. The minimum absolute atomic E-state index is 0.0383. The molecular weight excluding hydrogens is 302 g/mol. The molecule has 2 N–H and O–H groups in total. The van der Waals surface area contributed by atoms with Crippen LogP contribution in [0.25, 0.3) is 0 Å². The van der Waals surface area contributed by atoms with Gasteiger partial charge in [-0.05, 0) is 29.0 Å². The van der Waals surface area contributed by atoms with E-state index in [1.807, 2.05) is 30.3 Å². The van der Waals surface area contributed by atoms with E-state index in [0.717, 1.165) is 11.1 Å². The molecule has 0 saturated carbocycles. The Bertz CT molecular complexity index is 730. The minimum Gasteiger partial charge on any atom is -0.410 e. The first-order valence-corrected chi connectivity index (χ1v) is 7.96. The smallest absolute Gasteiger partial charge is 0.409 e. The van der Waals surface area contributed by atoms with Crippen molar-refractivity contribution in [3.05, 3.63) is 65.2 Å². The molecule has 0 aliphatic rings. The van der Waals surface area contributed by atoms with E-state index in [-0.39, 0.29) is 11.2 Å². The van der Waals surface area contributed by atoms with Gasteiger partial charge in [0, 0.05) is 12.0 Å². The molecule has 0 aliphatic heterocycles. The second kappa shape index (κ2) is 7.30. The lowest BCUT2D eigenvalue weighted by molar-refractivity contribution is 0.0983. The standard InChI is InChI=1S/C20H23NO3/c1-20(2,3)16-10-12-18(24-19(21)23)15(13-16)9-11-17(22)14-7-5-4-6-8-14/h4-8,10,12-13H,9,11H2,1-3H3,(H2,21,23). The lowest BCUT2D eigenvalue weighted by Crippen LogP contribution is -2.18. The topological polar surface area (TPSA) is 69.4 Å². The van der Waals surface area contributed by atoms with Crippen LogP contribution in [0, 0.1) is 0 Å². The summed E-state index contributed by atoms with van der Waals surface area (Å²) in [5.74, 6) is 0.471. The number of hydrogen-bond donors (Lipinski definition) is 1. The van der Waals surface area contributed by atoms with Gasteiger partial charge in [-0.1, -0.05) is 63.2 Å². The quantitative estimate of drug-likeness (QED) is 0.835. The van der Waals surface area contributed by atoms with E-state index < -0.39 is 6.09 Å². The fraction of sp³-hybridized carbons (Fsp3) is 0.300. The van der Waals surface area contributed by atoms with E-state index >= 15 is 0 Å². The molecule has 0 radical (unpaired) electrons. The summed E-state index contributed by atoms with van der Waals surface area (Å²) in [5.41, 5.74) is 7.70. The van der Waals surface area contributed by atoms with Crippen molar-refractivity contribution < 1.29 is 14.3 Å². The zero-order valence-electron chi connectivity index (χ0n) is 14.3. The molecule has 2 aromatic rings. The van der Waals surface area contributed by atoms with Crippen LogP contribution in [0.2, 0.25) is 0 Å². The van der Waals surface area contributed by atoms with E-state index in [1.165, 1.54) is 0 Å². The lowest BCUT2D eigenvalue weighted by atomic mass is 9.85. The predicted molar refractivity (Wildman–Crippen MR) is 94.4 cm³/mol. The third kappa shape index (κ3) is 4.69. The highest BCUT2D eigenvalue weighted by Gasteiger charge is 2.17. The monoisotopic (exact) mass is 325 g/mol. The molecule has 2 rings (SSSR count). The second-order valence-electron chi connectivity index (χ2n) is 6.78. The van der Waals surface area contributed by atoms with E-state index in [4.69, 9.17) is 10.5 Å². The van der Waals surface area contributed by atoms with Gasteiger partial charge in [0.05, 0.1) is 0 Å². The number of benzene rings is 2. The third-order valence-corrected chi connectivity index (χ3v) is 3.85. The van der Waals surface area contributed by atoms with Crippen molar-refractivity contribution in [2.75, 3.05) is 0 Å². The number of aryl methyl sites for hydroxylation is 1. The van der Waals surface area contributed by atoms with Crippen molar-refractivity contribution in [3.8, 4) is 5.75 Å². The van der Waals surface area contributed by atoms with Gasteiger partial charge in [0.25, 0.3) is 0 Å².